The fourth-order valence-corrected chi connectivity index (χ4v) is 6.37. The lowest BCUT2D eigenvalue weighted by Crippen LogP contribution is -2.25. The van der Waals surface area contributed by atoms with E-state index in [1.807, 2.05) is 0 Å². The van der Waals surface area contributed by atoms with Crippen LogP contribution in [-0.4, -0.2) is 64.8 Å². The molecule has 228 valence electrons. The van der Waals surface area contributed by atoms with E-state index >= 15 is 0 Å². The van der Waals surface area contributed by atoms with Crippen molar-refractivity contribution < 1.29 is 47.0 Å². The molecule has 0 aromatic heterocycles. The second kappa shape index (κ2) is 17.7. The van der Waals surface area contributed by atoms with Crippen molar-refractivity contribution in [2.45, 2.75) is 0 Å². The summed E-state index contributed by atoms with van der Waals surface area (Å²) >= 11 is 0. The Morgan fingerprint density at radius 2 is 0.930 bits per heavy atom. The van der Waals surface area contributed by atoms with Gasteiger partial charge in [-0.15, -0.1) is 0 Å². The van der Waals surface area contributed by atoms with Crippen molar-refractivity contribution in [2.75, 3.05) is 52.9 Å². The summed E-state index contributed by atoms with van der Waals surface area (Å²) in [7, 11) is -3.37. The van der Waals surface area contributed by atoms with Crippen molar-refractivity contribution in [3.8, 4) is 11.5 Å². The molecule has 0 unspecified atom stereocenters. The zero-order chi connectivity index (χ0) is 30.9. The van der Waals surface area contributed by atoms with Crippen LogP contribution in [0.2, 0.25) is 0 Å². The molecule has 0 N–H and O–H groups in total. The van der Waals surface area contributed by atoms with Gasteiger partial charge in [0.05, 0.1) is 26.4 Å². The predicted octanol–water partition coefficient (Wildman–Crippen LogP) is 3.71. The molecule has 0 fully saturated rings. The van der Waals surface area contributed by atoms with Crippen molar-refractivity contribution in [1.29, 1.82) is 0 Å². The molecule has 0 radical (unpaired) electrons. The zero-order valence-corrected chi connectivity index (χ0v) is 24.5. The van der Waals surface area contributed by atoms with E-state index in [4.69, 9.17) is 28.4 Å². The Morgan fingerprint density at radius 1 is 0.581 bits per heavy atom. The highest BCUT2D eigenvalue weighted by atomic mass is 31.2. The van der Waals surface area contributed by atoms with Crippen LogP contribution in [0.5, 0.6) is 11.5 Å². The number of ether oxygens (including phenoxy) is 6. The molecule has 43 heavy (non-hydrogen) atoms. The molecule has 3 rings (SSSR count). The molecule has 3 aromatic rings. The highest BCUT2D eigenvalue weighted by Crippen LogP contribution is 2.43. The zero-order valence-electron chi connectivity index (χ0n) is 23.7. The van der Waals surface area contributed by atoms with E-state index in [-0.39, 0.29) is 52.9 Å². The molecule has 0 aliphatic heterocycles. The Balaban J connectivity index is 1.60. The van der Waals surface area contributed by atoms with E-state index in [2.05, 4.69) is 13.2 Å². The van der Waals surface area contributed by atoms with Gasteiger partial charge in [-0.05, 0) is 72.8 Å². The number of esters is 2. The summed E-state index contributed by atoms with van der Waals surface area (Å²) < 4.78 is 60.2. The van der Waals surface area contributed by atoms with Crippen molar-refractivity contribution in [3.05, 3.63) is 104 Å². The molecule has 0 bridgehead atoms. The van der Waals surface area contributed by atoms with Gasteiger partial charge in [0.2, 0.25) is 0 Å². The summed E-state index contributed by atoms with van der Waals surface area (Å²) in [6, 6.07) is 19.4. The van der Waals surface area contributed by atoms with E-state index in [1.165, 1.54) is 24.3 Å². The third-order valence-electron chi connectivity index (χ3n) is 5.86. The largest absolute Gasteiger partial charge is 0.491 e. The molecule has 0 heterocycles. The number of benzene rings is 3. The Bertz CT molecular complexity index is 1290. The lowest BCUT2D eigenvalue weighted by molar-refractivity contribution is -0.140. The van der Waals surface area contributed by atoms with Crippen LogP contribution in [0.25, 0.3) is 0 Å². The van der Waals surface area contributed by atoms with Gasteiger partial charge < -0.3 is 33.0 Å². The number of hydrogen-bond acceptors (Lipinski definition) is 9. The minimum absolute atomic E-state index is 0.121. The van der Waals surface area contributed by atoms with E-state index in [1.54, 1.807) is 48.5 Å². The van der Waals surface area contributed by atoms with Crippen LogP contribution in [0, 0.1) is 5.82 Å². The van der Waals surface area contributed by atoms with Gasteiger partial charge in [0.1, 0.15) is 43.7 Å². The smallest absolute Gasteiger partial charge is 0.330 e. The molecule has 0 atom stereocenters. The Morgan fingerprint density at radius 3 is 1.30 bits per heavy atom. The van der Waals surface area contributed by atoms with Gasteiger partial charge in [0, 0.05) is 28.1 Å². The van der Waals surface area contributed by atoms with E-state index < -0.39 is 24.9 Å². The lowest BCUT2D eigenvalue weighted by atomic mass is 10.3. The minimum atomic E-state index is -3.37. The summed E-state index contributed by atoms with van der Waals surface area (Å²) in [4.78, 5) is 22.0. The van der Waals surface area contributed by atoms with Crippen LogP contribution in [0.1, 0.15) is 0 Å². The summed E-state index contributed by atoms with van der Waals surface area (Å²) in [6.45, 7) is 8.44. The molecule has 0 amide bonds. The minimum Gasteiger partial charge on any atom is -0.491 e. The van der Waals surface area contributed by atoms with Gasteiger partial charge in [-0.3, -0.25) is 0 Å². The summed E-state index contributed by atoms with van der Waals surface area (Å²) in [5.41, 5.74) is 0. The van der Waals surface area contributed by atoms with Gasteiger partial charge in [0.15, 0.2) is 7.14 Å². The van der Waals surface area contributed by atoms with Gasteiger partial charge in [0.25, 0.3) is 0 Å². The summed E-state index contributed by atoms with van der Waals surface area (Å²) in [6.07, 6.45) is 2.17. The van der Waals surface area contributed by atoms with E-state index in [0.29, 0.717) is 27.4 Å². The third-order valence-corrected chi connectivity index (χ3v) is 8.94. The highest BCUT2D eigenvalue weighted by Gasteiger charge is 2.30. The number of rotatable bonds is 19. The first kappa shape index (κ1) is 33.3. The first-order valence-corrected chi connectivity index (χ1v) is 15.1. The predicted molar refractivity (Wildman–Crippen MR) is 161 cm³/mol. The van der Waals surface area contributed by atoms with Crippen molar-refractivity contribution in [2.24, 2.45) is 0 Å². The van der Waals surface area contributed by atoms with Gasteiger partial charge in [-0.25, -0.2) is 14.0 Å². The van der Waals surface area contributed by atoms with Crippen LogP contribution in [-0.2, 0) is 33.1 Å². The van der Waals surface area contributed by atoms with Crippen LogP contribution >= 0.6 is 7.14 Å². The number of hydrogen-bond donors (Lipinski definition) is 0. The SMILES string of the molecule is C=CC(=O)OCCOCCOc1ccc(P(=O)(c2ccc(F)cc2)c2ccc(OCCOCCOC(=O)C=C)cc2)cc1. The molecule has 11 heteroatoms. The van der Waals surface area contributed by atoms with E-state index in [0.717, 1.165) is 12.2 Å². The van der Waals surface area contributed by atoms with E-state index in [9.17, 15) is 18.5 Å². The normalized spacial score (nSPS) is 10.9. The molecule has 0 spiro atoms. The summed E-state index contributed by atoms with van der Waals surface area (Å²) in [5.74, 6) is -0.329. The first-order valence-electron chi connectivity index (χ1n) is 13.4. The Hall–Kier alpha value is -4.24. The average molecular weight is 613 g/mol. The second-order valence-corrected chi connectivity index (χ2v) is 11.5. The maximum Gasteiger partial charge on any atom is 0.330 e. The standard InChI is InChI=1S/C32H34FO9P/c1-3-31(34)41-23-19-37-17-21-39-26-7-13-29(14-8-26)43(36,28-11-5-25(33)6-12-28)30-15-9-27(10-16-30)40-22-18-38-20-24-42-32(35)4-2/h3-16H,1-2,17-24H2. The molecule has 0 saturated carbocycles. The Labute approximate surface area is 250 Å². The molecular formula is C32H34FO9P. The number of halogens is 1. The fraction of sp³-hybridized carbons (Fsp3) is 0.250. The molecule has 9 nitrogen and oxygen atoms in total. The maximum atomic E-state index is 14.7. The number of carbonyl (C=O) groups is 2. The summed E-state index contributed by atoms with van der Waals surface area (Å²) in [5, 5.41) is 1.57. The number of carbonyl (C=O) groups excluding carboxylic acids is 2. The van der Waals surface area contributed by atoms with Crippen molar-refractivity contribution >= 4 is 35.0 Å². The van der Waals surface area contributed by atoms with Crippen LogP contribution in [0.4, 0.5) is 4.39 Å². The topological polar surface area (TPSA) is 107 Å². The van der Waals surface area contributed by atoms with Crippen LogP contribution < -0.4 is 25.4 Å². The molecule has 3 aromatic carbocycles. The van der Waals surface area contributed by atoms with Crippen LogP contribution in [0.15, 0.2) is 98.1 Å². The van der Waals surface area contributed by atoms with Crippen molar-refractivity contribution in [1.82, 2.24) is 0 Å². The first-order chi connectivity index (χ1) is 20.9. The Kier molecular flexibility index (Phi) is 13.7. The molecule has 0 saturated heterocycles. The average Bonchev–Trinajstić information content (AvgIpc) is 3.04. The quantitative estimate of drug-likeness (QED) is 0.0867. The van der Waals surface area contributed by atoms with Gasteiger partial charge in [-0.1, -0.05) is 13.2 Å². The highest BCUT2D eigenvalue weighted by molar-refractivity contribution is 7.85. The lowest BCUT2D eigenvalue weighted by Gasteiger charge is -2.21. The third kappa shape index (κ3) is 10.5. The fourth-order valence-electron chi connectivity index (χ4n) is 3.76. The van der Waals surface area contributed by atoms with Crippen LogP contribution in [0.3, 0.4) is 0 Å². The molecular weight excluding hydrogens is 578 g/mol. The van der Waals surface area contributed by atoms with Gasteiger partial charge >= 0.3 is 11.9 Å². The van der Waals surface area contributed by atoms with Crippen molar-refractivity contribution in [3.63, 3.8) is 0 Å². The molecule has 0 aliphatic carbocycles. The second-order valence-electron chi connectivity index (χ2n) is 8.74. The van der Waals surface area contributed by atoms with Gasteiger partial charge in [-0.2, -0.15) is 0 Å². The monoisotopic (exact) mass is 612 g/mol. The maximum absolute atomic E-state index is 14.7. The molecule has 0 aliphatic rings.